The Hall–Kier alpha value is -0.540. The first-order valence-electron chi connectivity index (χ1n) is 5.95. The molecule has 1 aromatic rings. The summed E-state index contributed by atoms with van der Waals surface area (Å²) in [6, 6.07) is 0. The lowest BCUT2D eigenvalue weighted by Crippen LogP contribution is -2.44. The molecule has 94 valence electrons. The molecule has 1 fully saturated rings. The second-order valence-corrected chi connectivity index (χ2v) is 5.65. The molecule has 0 radical (unpaired) electrons. The van der Waals surface area contributed by atoms with Gasteiger partial charge in [-0.15, -0.1) is 11.6 Å². The van der Waals surface area contributed by atoms with Gasteiger partial charge in [0.2, 0.25) is 5.95 Å². The third-order valence-corrected chi connectivity index (χ3v) is 4.19. The van der Waals surface area contributed by atoms with Crippen LogP contribution in [0.2, 0.25) is 5.02 Å². The highest BCUT2D eigenvalue weighted by atomic mass is 35.5. The Labute approximate surface area is 112 Å². The molecule has 1 aliphatic carbocycles. The fourth-order valence-corrected chi connectivity index (χ4v) is 2.65. The molecule has 2 rings (SSSR count). The van der Waals surface area contributed by atoms with E-state index in [1.54, 1.807) is 12.4 Å². The van der Waals surface area contributed by atoms with Crippen molar-refractivity contribution < 1.29 is 0 Å². The molecule has 0 amide bonds. The molecule has 1 N–H and O–H groups in total. The second kappa shape index (κ2) is 5.40. The normalized spacial score (nSPS) is 29.0. The molecule has 0 bridgehead atoms. The number of nitrogens with one attached hydrogen (secondary N) is 1. The molecule has 3 nitrogen and oxygen atoms in total. The smallest absolute Gasteiger partial charge is 0.223 e. The largest absolute Gasteiger partial charge is 0.348 e. The SMILES string of the molecule is CC1CCC(CCl)(Nc2ncc(Cl)cn2)CC1. The van der Waals surface area contributed by atoms with Crippen LogP contribution in [0.1, 0.15) is 32.6 Å². The van der Waals surface area contributed by atoms with E-state index in [4.69, 9.17) is 23.2 Å². The topological polar surface area (TPSA) is 37.8 Å². The van der Waals surface area contributed by atoms with Crippen molar-refractivity contribution >= 4 is 29.2 Å². The van der Waals surface area contributed by atoms with Crippen molar-refractivity contribution in [3.8, 4) is 0 Å². The summed E-state index contributed by atoms with van der Waals surface area (Å²) in [4.78, 5) is 8.34. The van der Waals surface area contributed by atoms with E-state index in [1.807, 2.05) is 0 Å². The molecule has 5 heteroatoms. The van der Waals surface area contributed by atoms with Crippen molar-refractivity contribution in [3.05, 3.63) is 17.4 Å². The predicted octanol–water partition coefficient (Wildman–Crippen LogP) is 3.73. The summed E-state index contributed by atoms with van der Waals surface area (Å²) in [5.74, 6) is 2.00. The Bertz CT molecular complexity index is 359. The fraction of sp³-hybridized carbons (Fsp3) is 0.667. The summed E-state index contributed by atoms with van der Waals surface area (Å²) < 4.78 is 0. The number of halogens is 2. The van der Waals surface area contributed by atoms with Gasteiger partial charge in [0, 0.05) is 5.88 Å². The number of aromatic nitrogens is 2. The third kappa shape index (κ3) is 3.23. The van der Waals surface area contributed by atoms with Crippen molar-refractivity contribution in [2.75, 3.05) is 11.2 Å². The summed E-state index contributed by atoms with van der Waals surface area (Å²) in [6.45, 7) is 2.29. The van der Waals surface area contributed by atoms with Crippen LogP contribution in [0, 0.1) is 5.92 Å². The fourth-order valence-electron chi connectivity index (χ4n) is 2.22. The minimum Gasteiger partial charge on any atom is -0.348 e. The van der Waals surface area contributed by atoms with Gasteiger partial charge < -0.3 is 5.32 Å². The lowest BCUT2D eigenvalue weighted by molar-refractivity contribution is 0.286. The van der Waals surface area contributed by atoms with E-state index < -0.39 is 0 Å². The summed E-state index contributed by atoms with van der Waals surface area (Å²) in [6.07, 6.45) is 7.75. The van der Waals surface area contributed by atoms with Gasteiger partial charge in [-0.25, -0.2) is 9.97 Å². The van der Waals surface area contributed by atoms with E-state index >= 15 is 0 Å². The first kappa shape index (κ1) is 12.9. The Morgan fingerprint density at radius 3 is 2.47 bits per heavy atom. The highest BCUT2D eigenvalue weighted by Crippen LogP contribution is 2.34. The zero-order chi connectivity index (χ0) is 12.3. The van der Waals surface area contributed by atoms with Gasteiger partial charge in [0.15, 0.2) is 0 Å². The van der Waals surface area contributed by atoms with Crippen LogP contribution in [0.3, 0.4) is 0 Å². The molecule has 0 atom stereocenters. The maximum absolute atomic E-state index is 6.12. The maximum Gasteiger partial charge on any atom is 0.223 e. The maximum atomic E-state index is 6.12. The third-order valence-electron chi connectivity index (χ3n) is 3.48. The molecule has 0 saturated heterocycles. The Morgan fingerprint density at radius 2 is 1.94 bits per heavy atom. The van der Waals surface area contributed by atoms with E-state index in [0.717, 1.165) is 18.8 Å². The quantitative estimate of drug-likeness (QED) is 0.853. The van der Waals surface area contributed by atoms with Crippen molar-refractivity contribution in [2.45, 2.75) is 38.1 Å². The van der Waals surface area contributed by atoms with Gasteiger partial charge in [0.1, 0.15) is 0 Å². The van der Waals surface area contributed by atoms with Crippen LogP contribution >= 0.6 is 23.2 Å². The van der Waals surface area contributed by atoms with Crippen LogP contribution < -0.4 is 5.32 Å². The van der Waals surface area contributed by atoms with Gasteiger partial charge in [0.05, 0.1) is 23.0 Å². The number of rotatable bonds is 3. The first-order valence-corrected chi connectivity index (χ1v) is 6.86. The van der Waals surface area contributed by atoms with Crippen LogP contribution in [-0.2, 0) is 0 Å². The number of alkyl halides is 1. The number of hydrogen-bond acceptors (Lipinski definition) is 3. The number of hydrogen-bond donors (Lipinski definition) is 1. The van der Waals surface area contributed by atoms with Gasteiger partial charge in [0.25, 0.3) is 0 Å². The lowest BCUT2D eigenvalue weighted by atomic mass is 9.78. The molecular weight excluding hydrogens is 257 g/mol. The van der Waals surface area contributed by atoms with Crippen LogP contribution in [0.25, 0.3) is 0 Å². The Balaban J connectivity index is 2.06. The summed E-state index contributed by atoms with van der Waals surface area (Å²) >= 11 is 11.9. The van der Waals surface area contributed by atoms with Crippen LogP contribution in [0.5, 0.6) is 0 Å². The standard InChI is InChI=1S/C12H17Cl2N3/c1-9-2-4-12(8-13,5-3-9)17-11-15-6-10(14)7-16-11/h6-7,9H,2-5,8H2,1H3,(H,15,16,17). The van der Waals surface area contributed by atoms with Crippen LogP contribution in [0.4, 0.5) is 5.95 Å². The van der Waals surface area contributed by atoms with E-state index in [0.29, 0.717) is 16.9 Å². The van der Waals surface area contributed by atoms with Crippen molar-refractivity contribution in [3.63, 3.8) is 0 Å². The monoisotopic (exact) mass is 273 g/mol. The van der Waals surface area contributed by atoms with E-state index in [1.165, 1.54) is 12.8 Å². The zero-order valence-corrected chi connectivity index (χ0v) is 11.4. The van der Waals surface area contributed by atoms with Gasteiger partial charge in [-0.05, 0) is 31.6 Å². The molecule has 1 heterocycles. The van der Waals surface area contributed by atoms with E-state index in [9.17, 15) is 0 Å². The molecule has 0 aromatic carbocycles. The minimum atomic E-state index is -0.0537. The predicted molar refractivity (Wildman–Crippen MR) is 71.7 cm³/mol. The Morgan fingerprint density at radius 1 is 1.35 bits per heavy atom. The molecule has 1 aliphatic rings. The molecule has 0 unspecified atom stereocenters. The van der Waals surface area contributed by atoms with Crippen LogP contribution in [-0.4, -0.2) is 21.4 Å². The van der Waals surface area contributed by atoms with Gasteiger partial charge in [-0.3, -0.25) is 0 Å². The van der Waals surface area contributed by atoms with Crippen molar-refractivity contribution in [1.82, 2.24) is 9.97 Å². The van der Waals surface area contributed by atoms with Gasteiger partial charge in [-0.2, -0.15) is 0 Å². The average Bonchev–Trinajstić information content (AvgIpc) is 2.35. The number of nitrogens with zero attached hydrogens (tertiary/aromatic N) is 2. The van der Waals surface area contributed by atoms with E-state index in [-0.39, 0.29) is 5.54 Å². The zero-order valence-electron chi connectivity index (χ0n) is 9.92. The average molecular weight is 274 g/mol. The molecule has 0 aliphatic heterocycles. The lowest BCUT2D eigenvalue weighted by Gasteiger charge is -2.38. The highest BCUT2D eigenvalue weighted by molar-refractivity contribution is 6.30. The molecule has 1 aromatic heterocycles. The Kier molecular flexibility index (Phi) is 4.10. The summed E-state index contributed by atoms with van der Waals surface area (Å²) in [5, 5.41) is 3.93. The number of anilines is 1. The minimum absolute atomic E-state index is 0.0537. The van der Waals surface area contributed by atoms with Crippen molar-refractivity contribution in [2.24, 2.45) is 5.92 Å². The summed E-state index contributed by atoms with van der Waals surface area (Å²) in [5.41, 5.74) is -0.0537. The second-order valence-electron chi connectivity index (χ2n) is 4.95. The molecule has 17 heavy (non-hydrogen) atoms. The van der Waals surface area contributed by atoms with Gasteiger partial charge in [-0.1, -0.05) is 18.5 Å². The molecular formula is C12H17Cl2N3. The van der Waals surface area contributed by atoms with E-state index in [2.05, 4.69) is 22.2 Å². The molecule has 0 spiro atoms. The van der Waals surface area contributed by atoms with Crippen LogP contribution in [0.15, 0.2) is 12.4 Å². The van der Waals surface area contributed by atoms with Crippen molar-refractivity contribution in [1.29, 1.82) is 0 Å². The van der Waals surface area contributed by atoms with Gasteiger partial charge >= 0.3 is 0 Å². The molecule has 1 saturated carbocycles. The first-order chi connectivity index (χ1) is 8.13. The highest BCUT2D eigenvalue weighted by Gasteiger charge is 2.33. The summed E-state index contributed by atoms with van der Waals surface area (Å²) in [7, 11) is 0.